The van der Waals surface area contributed by atoms with E-state index in [2.05, 4.69) is 9.97 Å². The van der Waals surface area contributed by atoms with Crippen molar-refractivity contribution >= 4 is 34.9 Å². The maximum absolute atomic E-state index is 13.4. The molecule has 0 saturated heterocycles. The van der Waals surface area contributed by atoms with Crippen molar-refractivity contribution in [1.29, 1.82) is 0 Å². The number of aromatic amines is 1. The van der Waals surface area contributed by atoms with E-state index in [9.17, 15) is 4.39 Å². The Bertz CT molecular complexity index is 806. The van der Waals surface area contributed by atoms with Gasteiger partial charge >= 0.3 is 0 Å². The quantitative estimate of drug-likeness (QED) is 0.565. The largest absolute Gasteiger partial charge is 0.337 e. The van der Waals surface area contributed by atoms with E-state index in [0.29, 0.717) is 10.3 Å². The average Bonchev–Trinajstić information content (AvgIpc) is 3.05. The van der Waals surface area contributed by atoms with Gasteiger partial charge in [0.15, 0.2) is 4.77 Å². The minimum Gasteiger partial charge on any atom is -0.337 e. The van der Waals surface area contributed by atoms with Crippen molar-refractivity contribution in [3.63, 3.8) is 0 Å². The molecule has 1 aromatic carbocycles. The fraction of sp³-hybridized carbons (Fsp3) is 0.286. The second-order valence-electron chi connectivity index (χ2n) is 4.87. The normalized spacial score (nSPS) is 11.3. The first-order chi connectivity index (χ1) is 10.1. The number of nitrogens with zero attached hydrogens (tertiary/aromatic N) is 3. The number of hydrogen-bond donors (Lipinski definition) is 1. The lowest BCUT2D eigenvalue weighted by Gasteiger charge is -2.06. The van der Waals surface area contributed by atoms with Crippen molar-refractivity contribution in [2.75, 3.05) is 0 Å². The van der Waals surface area contributed by atoms with Crippen LogP contribution in [-0.2, 0) is 13.1 Å². The van der Waals surface area contributed by atoms with Gasteiger partial charge in [-0.1, -0.05) is 11.6 Å². The third-order valence-corrected chi connectivity index (χ3v) is 4.04. The summed E-state index contributed by atoms with van der Waals surface area (Å²) in [7, 11) is 0. The van der Waals surface area contributed by atoms with E-state index < -0.39 is 5.82 Å². The highest BCUT2D eigenvalue weighted by molar-refractivity contribution is 7.71. The minimum absolute atomic E-state index is 0.115. The Balaban J connectivity index is 1.73. The number of fused-ring (bicyclic) bond motifs is 1. The Hall–Kier alpha value is -1.66. The summed E-state index contributed by atoms with van der Waals surface area (Å²) in [6.45, 7) is 1.69. The smallest absolute Gasteiger partial charge is 0.178 e. The number of imidazole rings is 2. The average molecular weight is 325 g/mol. The van der Waals surface area contributed by atoms with E-state index in [1.807, 2.05) is 15.3 Å². The Morgan fingerprint density at radius 1 is 1.29 bits per heavy atom. The van der Waals surface area contributed by atoms with Crippen LogP contribution in [0.5, 0.6) is 0 Å². The number of hydrogen-bond acceptors (Lipinski definition) is 2. The third kappa shape index (κ3) is 3.01. The zero-order chi connectivity index (χ0) is 14.8. The fourth-order valence-corrected chi connectivity index (χ4v) is 2.81. The summed E-state index contributed by atoms with van der Waals surface area (Å²) in [5.41, 5.74) is 1.52. The third-order valence-electron chi connectivity index (χ3n) is 3.42. The molecule has 0 unspecified atom stereocenters. The number of nitrogens with one attached hydrogen (secondary N) is 1. The Labute approximate surface area is 131 Å². The number of unbranched alkanes of at least 4 members (excludes halogenated alkanes) is 1. The molecule has 0 saturated carbocycles. The van der Waals surface area contributed by atoms with Crippen molar-refractivity contribution < 1.29 is 4.39 Å². The molecule has 110 valence electrons. The van der Waals surface area contributed by atoms with Crippen LogP contribution in [0.4, 0.5) is 4.39 Å². The van der Waals surface area contributed by atoms with Gasteiger partial charge in [0.05, 0.1) is 22.4 Å². The van der Waals surface area contributed by atoms with E-state index in [1.165, 1.54) is 6.07 Å². The SMILES string of the molecule is Fc1cc2[nH]c(=S)n(CCCCn3ccnc3)c2cc1Cl. The summed E-state index contributed by atoms with van der Waals surface area (Å²) in [6.07, 6.45) is 7.50. The summed E-state index contributed by atoms with van der Waals surface area (Å²) >= 11 is 11.1. The van der Waals surface area contributed by atoms with Crippen LogP contribution in [0.1, 0.15) is 12.8 Å². The van der Waals surface area contributed by atoms with Crippen molar-refractivity contribution in [2.24, 2.45) is 0 Å². The summed E-state index contributed by atoms with van der Waals surface area (Å²) in [5.74, 6) is -0.437. The zero-order valence-corrected chi connectivity index (χ0v) is 12.8. The Morgan fingerprint density at radius 2 is 2.10 bits per heavy atom. The summed E-state index contributed by atoms with van der Waals surface area (Å²) in [5, 5.41) is 0.115. The number of aromatic nitrogens is 4. The lowest BCUT2D eigenvalue weighted by Crippen LogP contribution is -2.01. The first kappa shape index (κ1) is 14.3. The topological polar surface area (TPSA) is 38.5 Å². The van der Waals surface area contributed by atoms with E-state index in [1.54, 1.807) is 18.6 Å². The standard InChI is InChI=1S/C14H14ClFN4S/c15-10-7-13-12(8-11(10)16)18-14(21)20(13)5-2-1-4-19-6-3-17-9-19/h3,6-9H,1-2,4-5H2,(H,18,21). The number of halogens is 2. The van der Waals surface area contributed by atoms with Crippen LogP contribution in [0, 0.1) is 10.6 Å². The lowest BCUT2D eigenvalue weighted by atomic mass is 10.2. The molecule has 2 aromatic heterocycles. The maximum atomic E-state index is 13.4. The first-order valence-corrected chi connectivity index (χ1v) is 7.47. The molecule has 21 heavy (non-hydrogen) atoms. The predicted octanol–water partition coefficient (Wildman–Crippen LogP) is 4.17. The molecule has 0 aliphatic carbocycles. The van der Waals surface area contributed by atoms with Gasteiger partial charge in [-0.25, -0.2) is 9.37 Å². The lowest BCUT2D eigenvalue weighted by molar-refractivity contribution is 0.556. The molecular formula is C14H14ClFN4S. The molecule has 2 heterocycles. The monoisotopic (exact) mass is 324 g/mol. The first-order valence-electron chi connectivity index (χ1n) is 6.68. The van der Waals surface area contributed by atoms with Crippen molar-refractivity contribution in [2.45, 2.75) is 25.9 Å². The highest BCUT2D eigenvalue weighted by Gasteiger charge is 2.08. The molecule has 0 aliphatic heterocycles. The second kappa shape index (κ2) is 5.99. The van der Waals surface area contributed by atoms with Gasteiger partial charge < -0.3 is 14.1 Å². The van der Waals surface area contributed by atoms with E-state index >= 15 is 0 Å². The molecule has 0 amide bonds. The van der Waals surface area contributed by atoms with Crippen LogP contribution in [0.15, 0.2) is 30.9 Å². The number of rotatable bonds is 5. The van der Waals surface area contributed by atoms with E-state index in [0.717, 1.165) is 31.4 Å². The second-order valence-corrected chi connectivity index (χ2v) is 5.67. The van der Waals surface area contributed by atoms with Crippen molar-refractivity contribution in [1.82, 2.24) is 19.1 Å². The van der Waals surface area contributed by atoms with Crippen LogP contribution in [0.2, 0.25) is 5.02 Å². The molecule has 0 bridgehead atoms. The number of aryl methyl sites for hydroxylation is 2. The molecule has 4 nitrogen and oxygen atoms in total. The van der Waals surface area contributed by atoms with E-state index in [-0.39, 0.29) is 5.02 Å². The van der Waals surface area contributed by atoms with Crippen LogP contribution in [-0.4, -0.2) is 19.1 Å². The molecule has 0 spiro atoms. The molecule has 0 atom stereocenters. The van der Waals surface area contributed by atoms with Gasteiger partial charge in [-0.2, -0.15) is 0 Å². The predicted molar refractivity (Wildman–Crippen MR) is 83.6 cm³/mol. The van der Waals surface area contributed by atoms with Crippen LogP contribution in [0.3, 0.4) is 0 Å². The fourth-order valence-electron chi connectivity index (χ4n) is 2.36. The molecule has 3 rings (SSSR count). The van der Waals surface area contributed by atoms with Crippen LogP contribution >= 0.6 is 23.8 Å². The molecule has 0 radical (unpaired) electrons. The molecule has 1 N–H and O–H groups in total. The van der Waals surface area contributed by atoms with Gasteiger partial charge in [0.25, 0.3) is 0 Å². The molecule has 3 aromatic rings. The van der Waals surface area contributed by atoms with Gasteiger partial charge in [-0.05, 0) is 31.1 Å². The Kier molecular flexibility index (Phi) is 4.07. The van der Waals surface area contributed by atoms with Gasteiger partial charge in [-0.15, -0.1) is 0 Å². The van der Waals surface area contributed by atoms with Gasteiger partial charge in [0, 0.05) is 31.5 Å². The summed E-state index contributed by atoms with van der Waals surface area (Å²) < 4.78 is 18.0. The summed E-state index contributed by atoms with van der Waals surface area (Å²) in [4.78, 5) is 7.02. The molecule has 7 heteroatoms. The van der Waals surface area contributed by atoms with Gasteiger partial charge in [-0.3, -0.25) is 0 Å². The molecule has 0 fully saturated rings. The highest BCUT2D eigenvalue weighted by Crippen LogP contribution is 2.23. The maximum Gasteiger partial charge on any atom is 0.178 e. The highest BCUT2D eigenvalue weighted by atomic mass is 35.5. The molecule has 0 aliphatic rings. The van der Waals surface area contributed by atoms with Crippen molar-refractivity contribution in [3.05, 3.63) is 46.5 Å². The van der Waals surface area contributed by atoms with Gasteiger partial charge in [0.2, 0.25) is 0 Å². The molecular weight excluding hydrogens is 311 g/mol. The van der Waals surface area contributed by atoms with Crippen molar-refractivity contribution in [3.8, 4) is 0 Å². The zero-order valence-electron chi connectivity index (χ0n) is 11.2. The van der Waals surface area contributed by atoms with Gasteiger partial charge in [0.1, 0.15) is 5.82 Å². The summed E-state index contributed by atoms with van der Waals surface area (Å²) in [6, 6.07) is 3.00. The minimum atomic E-state index is -0.437. The van der Waals surface area contributed by atoms with E-state index in [4.69, 9.17) is 23.8 Å². The Morgan fingerprint density at radius 3 is 2.86 bits per heavy atom. The van der Waals surface area contributed by atoms with Crippen LogP contribution < -0.4 is 0 Å². The number of benzene rings is 1. The number of H-pyrrole nitrogens is 1. The van der Waals surface area contributed by atoms with Crippen LogP contribution in [0.25, 0.3) is 11.0 Å².